The van der Waals surface area contributed by atoms with Crippen molar-refractivity contribution < 1.29 is 9.53 Å². The number of ketones is 1. The van der Waals surface area contributed by atoms with Crippen molar-refractivity contribution in [2.45, 2.75) is 31.5 Å². The number of thiophene rings is 1. The van der Waals surface area contributed by atoms with Gasteiger partial charge in [-0.2, -0.15) is 0 Å². The highest BCUT2D eigenvalue weighted by Gasteiger charge is 2.44. The normalized spacial score (nSPS) is 33.5. The first-order valence-corrected chi connectivity index (χ1v) is 6.44. The van der Waals surface area contributed by atoms with Gasteiger partial charge in [0.2, 0.25) is 0 Å². The number of hydrogen-bond acceptors (Lipinski definition) is 3. The number of Topliss-reactive ketones (excluding diaryl/α,β-unsaturated/α-hetero) is 1. The van der Waals surface area contributed by atoms with Gasteiger partial charge in [0.05, 0.1) is 18.1 Å². The molecule has 0 N–H and O–H groups in total. The van der Waals surface area contributed by atoms with Gasteiger partial charge >= 0.3 is 0 Å². The van der Waals surface area contributed by atoms with Gasteiger partial charge in [-0.1, -0.05) is 11.6 Å². The lowest BCUT2D eigenvalue weighted by molar-refractivity contribution is 0.0744. The van der Waals surface area contributed by atoms with E-state index in [1.54, 1.807) is 0 Å². The Hall–Kier alpha value is -0.380. The molecule has 3 atom stereocenters. The van der Waals surface area contributed by atoms with Gasteiger partial charge in [0.15, 0.2) is 5.78 Å². The summed E-state index contributed by atoms with van der Waals surface area (Å²) < 4.78 is 6.30. The maximum Gasteiger partial charge on any atom is 0.170 e. The third kappa shape index (κ3) is 1.53. The second-order valence-electron chi connectivity index (χ2n) is 4.19. The number of fused-ring (bicyclic) bond motifs is 2. The summed E-state index contributed by atoms with van der Waals surface area (Å²) in [6.07, 6.45) is 3.50. The zero-order chi connectivity index (χ0) is 10.4. The minimum atomic E-state index is 0.0517. The topological polar surface area (TPSA) is 26.3 Å². The Balaban J connectivity index is 1.84. The summed E-state index contributed by atoms with van der Waals surface area (Å²) in [5.41, 5.74) is 0.683. The molecule has 2 saturated heterocycles. The van der Waals surface area contributed by atoms with E-state index in [2.05, 4.69) is 0 Å². The average Bonchev–Trinajstić information content (AvgIpc) is 2.91. The average molecular weight is 243 g/mol. The fourth-order valence-corrected chi connectivity index (χ4v) is 3.51. The quantitative estimate of drug-likeness (QED) is 0.745. The predicted octanol–water partition coefficient (Wildman–Crippen LogP) is 3.15. The van der Waals surface area contributed by atoms with Crippen molar-refractivity contribution in [2.75, 3.05) is 0 Å². The molecule has 0 radical (unpaired) electrons. The molecule has 3 unspecified atom stereocenters. The zero-order valence-electron chi connectivity index (χ0n) is 8.11. The highest BCUT2D eigenvalue weighted by molar-refractivity contribution is 7.14. The van der Waals surface area contributed by atoms with Crippen molar-refractivity contribution in [3.63, 3.8) is 0 Å². The van der Waals surface area contributed by atoms with E-state index >= 15 is 0 Å². The maximum atomic E-state index is 12.2. The molecule has 4 heteroatoms. The Morgan fingerprint density at radius 2 is 2.40 bits per heavy atom. The summed E-state index contributed by atoms with van der Waals surface area (Å²) in [4.78, 5) is 12.2. The summed E-state index contributed by atoms with van der Waals surface area (Å²) in [6, 6.07) is 1.82. The maximum absolute atomic E-state index is 12.2. The van der Waals surface area contributed by atoms with E-state index in [4.69, 9.17) is 16.3 Å². The van der Waals surface area contributed by atoms with Gasteiger partial charge in [-0.3, -0.25) is 4.79 Å². The molecule has 0 aliphatic carbocycles. The SMILES string of the molecule is O=C(c1ccsc1Cl)C1CC2CCC1O2. The van der Waals surface area contributed by atoms with Crippen LogP contribution in [0, 0.1) is 5.92 Å². The fraction of sp³-hybridized carbons (Fsp3) is 0.545. The molecule has 2 fully saturated rings. The second kappa shape index (κ2) is 3.58. The van der Waals surface area contributed by atoms with Crippen LogP contribution < -0.4 is 0 Å². The van der Waals surface area contributed by atoms with Gasteiger partial charge in [0.25, 0.3) is 0 Å². The molecule has 0 spiro atoms. The molecule has 2 nitrogen and oxygen atoms in total. The van der Waals surface area contributed by atoms with Crippen LogP contribution in [-0.2, 0) is 4.74 Å². The Morgan fingerprint density at radius 1 is 1.53 bits per heavy atom. The first-order chi connectivity index (χ1) is 7.25. The molecule has 2 aliphatic rings. The van der Waals surface area contributed by atoms with E-state index in [9.17, 15) is 4.79 Å². The van der Waals surface area contributed by atoms with E-state index in [1.807, 2.05) is 11.4 Å². The first-order valence-electron chi connectivity index (χ1n) is 5.18. The highest BCUT2D eigenvalue weighted by atomic mass is 35.5. The number of halogens is 1. The third-order valence-electron chi connectivity index (χ3n) is 3.33. The molecule has 80 valence electrons. The number of ether oxygens (including phenoxy) is 1. The van der Waals surface area contributed by atoms with Crippen LogP contribution in [0.15, 0.2) is 11.4 Å². The van der Waals surface area contributed by atoms with Crippen molar-refractivity contribution >= 4 is 28.7 Å². The number of carbonyl (C=O) groups is 1. The van der Waals surface area contributed by atoms with E-state index < -0.39 is 0 Å². The van der Waals surface area contributed by atoms with Crippen LogP contribution in [0.3, 0.4) is 0 Å². The largest absolute Gasteiger partial charge is 0.374 e. The smallest absolute Gasteiger partial charge is 0.170 e. The predicted molar refractivity (Wildman–Crippen MR) is 59.7 cm³/mol. The van der Waals surface area contributed by atoms with Crippen LogP contribution in [0.5, 0.6) is 0 Å². The van der Waals surface area contributed by atoms with Gasteiger partial charge in [-0.15, -0.1) is 11.3 Å². The van der Waals surface area contributed by atoms with Crippen LogP contribution in [0.1, 0.15) is 29.6 Å². The van der Waals surface area contributed by atoms with E-state index in [1.165, 1.54) is 11.3 Å². The molecule has 1 aromatic rings. The second-order valence-corrected chi connectivity index (χ2v) is 5.71. The Morgan fingerprint density at radius 3 is 2.93 bits per heavy atom. The van der Waals surface area contributed by atoms with Crippen molar-refractivity contribution in [1.82, 2.24) is 0 Å². The minimum absolute atomic E-state index is 0.0517. The summed E-state index contributed by atoms with van der Waals surface area (Å²) in [6.45, 7) is 0. The number of rotatable bonds is 2. The molecule has 2 aliphatic heterocycles. The van der Waals surface area contributed by atoms with Crippen LogP contribution in [-0.4, -0.2) is 18.0 Å². The molecule has 0 aromatic carbocycles. The summed E-state index contributed by atoms with van der Waals surface area (Å²) >= 11 is 7.39. The van der Waals surface area contributed by atoms with Crippen molar-refractivity contribution in [3.8, 4) is 0 Å². The lowest BCUT2D eigenvalue weighted by atomic mass is 9.84. The van der Waals surface area contributed by atoms with Crippen molar-refractivity contribution in [1.29, 1.82) is 0 Å². The fourth-order valence-electron chi connectivity index (χ4n) is 2.58. The number of hydrogen-bond donors (Lipinski definition) is 0. The monoisotopic (exact) mass is 242 g/mol. The van der Waals surface area contributed by atoms with Gasteiger partial charge in [-0.05, 0) is 30.7 Å². The van der Waals surface area contributed by atoms with Gasteiger partial charge in [0, 0.05) is 5.56 Å². The van der Waals surface area contributed by atoms with Crippen LogP contribution >= 0.6 is 22.9 Å². The summed E-state index contributed by atoms with van der Waals surface area (Å²) in [7, 11) is 0. The molecule has 0 saturated carbocycles. The molecular weight excluding hydrogens is 232 g/mol. The van der Waals surface area contributed by atoms with E-state index in [0.29, 0.717) is 16.0 Å². The van der Waals surface area contributed by atoms with Gasteiger partial charge in [-0.25, -0.2) is 0 Å². The molecule has 3 rings (SSSR count). The third-order valence-corrected chi connectivity index (χ3v) is 4.50. The summed E-state index contributed by atoms with van der Waals surface area (Å²) in [5, 5.41) is 1.86. The molecular formula is C11H11ClO2S. The number of carbonyl (C=O) groups excluding carboxylic acids is 1. The van der Waals surface area contributed by atoms with Crippen molar-refractivity contribution in [3.05, 3.63) is 21.3 Å². The van der Waals surface area contributed by atoms with E-state index in [-0.39, 0.29) is 17.8 Å². The molecule has 15 heavy (non-hydrogen) atoms. The van der Waals surface area contributed by atoms with Crippen LogP contribution in [0.25, 0.3) is 0 Å². The van der Waals surface area contributed by atoms with Crippen molar-refractivity contribution in [2.24, 2.45) is 5.92 Å². The Bertz CT molecular complexity index is 401. The highest BCUT2D eigenvalue weighted by Crippen LogP contribution is 2.41. The van der Waals surface area contributed by atoms with Gasteiger partial charge < -0.3 is 4.74 Å². The van der Waals surface area contributed by atoms with Crippen LogP contribution in [0.2, 0.25) is 4.34 Å². The first kappa shape index (κ1) is 9.82. The molecule has 2 bridgehead atoms. The molecule has 1 aromatic heterocycles. The minimum Gasteiger partial charge on any atom is -0.374 e. The Kier molecular flexibility index (Phi) is 2.34. The lowest BCUT2D eigenvalue weighted by Gasteiger charge is -2.16. The standard InChI is InChI=1S/C11H11ClO2S/c12-11-7(3-4-15-11)10(13)8-5-6-1-2-9(8)14-6/h3-4,6,8-9H,1-2,5H2. The molecule has 0 amide bonds. The molecule has 3 heterocycles. The Labute approximate surface area is 97.2 Å². The van der Waals surface area contributed by atoms with E-state index in [0.717, 1.165) is 19.3 Å². The van der Waals surface area contributed by atoms with Crippen LogP contribution in [0.4, 0.5) is 0 Å². The van der Waals surface area contributed by atoms with Gasteiger partial charge in [0.1, 0.15) is 4.34 Å². The summed E-state index contributed by atoms with van der Waals surface area (Å²) in [5.74, 6) is 0.226. The zero-order valence-corrected chi connectivity index (χ0v) is 9.68. The lowest BCUT2D eigenvalue weighted by Crippen LogP contribution is -2.25.